The van der Waals surface area contributed by atoms with E-state index >= 15 is 0 Å². The molecule has 0 bridgehead atoms. The van der Waals surface area contributed by atoms with Gasteiger partial charge in [0.2, 0.25) is 0 Å². The maximum Gasteiger partial charge on any atom is 0.191 e. The number of benzene rings is 2. The van der Waals surface area contributed by atoms with E-state index < -0.39 is 0 Å². The van der Waals surface area contributed by atoms with Crippen molar-refractivity contribution in [3.8, 4) is 0 Å². The van der Waals surface area contributed by atoms with E-state index in [0.29, 0.717) is 12.5 Å². The Morgan fingerprint density at radius 2 is 1.88 bits per heavy atom. The van der Waals surface area contributed by atoms with E-state index in [1.165, 1.54) is 12.1 Å². The van der Waals surface area contributed by atoms with Crippen molar-refractivity contribution < 1.29 is 0 Å². The van der Waals surface area contributed by atoms with Gasteiger partial charge in [-0.2, -0.15) is 0 Å². The number of nitrogens with zero attached hydrogens (tertiary/aromatic N) is 2. The van der Waals surface area contributed by atoms with Crippen LogP contribution in [0.3, 0.4) is 0 Å². The number of halogens is 1. The first-order valence-electron chi connectivity index (χ1n) is 9.32. The molecule has 0 radical (unpaired) electrons. The van der Waals surface area contributed by atoms with E-state index in [-0.39, 0.29) is 0 Å². The van der Waals surface area contributed by atoms with Crippen LogP contribution in [0.1, 0.15) is 18.9 Å². The molecule has 0 amide bonds. The number of para-hydroxylation sites is 1. The number of nitrogens with one attached hydrogen (secondary N) is 2. The molecule has 5 heteroatoms. The number of guanidine groups is 1. The lowest BCUT2D eigenvalue weighted by Crippen LogP contribution is -2.40. The van der Waals surface area contributed by atoms with Crippen LogP contribution in [0.4, 0.5) is 5.69 Å². The van der Waals surface area contributed by atoms with E-state index in [9.17, 15) is 0 Å². The van der Waals surface area contributed by atoms with Gasteiger partial charge in [-0.15, -0.1) is 0 Å². The highest BCUT2D eigenvalue weighted by Crippen LogP contribution is 2.23. The molecule has 1 heterocycles. The molecule has 138 valence electrons. The monoisotopic (exact) mass is 370 g/mol. The Labute approximate surface area is 161 Å². The Balaban J connectivity index is 1.52. The summed E-state index contributed by atoms with van der Waals surface area (Å²) >= 11 is 6.22. The molecule has 1 saturated heterocycles. The molecule has 0 aromatic heterocycles. The molecule has 0 spiro atoms. The van der Waals surface area contributed by atoms with Crippen LogP contribution >= 0.6 is 11.6 Å². The van der Waals surface area contributed by atoms with E-state index in [2.05, 4.69) is 57.8 Å². The molecule has 1 atom stereocenters. The third kappa shape index (κ3) is 5.15. The second-order valence-corrected chi connectivity index (χ2v) is 7.01. The molecule has 2 aromatic carbocycles. The zero-order valence-corrected chi connectivity index (χ0v) is 16.0. The van der Waals surface area contributed by atoms with Gasteiger partial charge in [0.15, 0.2) is 5.96 Å². The third-order valence-corrected chi connectivity index (χ3v) is 5.04. The van der Waals surface area contributed by atoms with Gasteiger partial charge in [-0.1, -0.05) is 48.0 Å². The minimum absolute atomic E-state index is 0.579. The van der Waals surface area contributed by atoms with Crippen molar-refractivity contribution in [2.45, 2.75) is 19.9 Å². The highest BCUT2D eigenvalue weighted by Gasteiger charge is 2.22. The van der Waals surface area contributed by atoms with Gasteiger partial charge < -0.3 is 15.5 Å². The van der Waals surface area contributed by atoms with E-state index in [4.69, 9.17) is 11.6 Å². The topological polar surface area (TPSA) is 39.7 Å². The molecule has 4 nitrogen and oxygen atoms in total. The molecular formula is C21H27ClN4. The first-order chi connectivity index (χ1) is 12.8. The Hall–Kier alpha value is -2.20. The standard InChI is InChI=1S/C21H27ClN4/c1-2-23-21(25-15-18-8-6-7-11-20(18)22)24-14-17-12-13-26(16-17)19-9-4-3-5-10-19/h3-11,17H,2,12-16H2,1H3,(H2,23,24,25). The lowest BCUT2D eigenvalue weighted by atomic mass is 10.1. The number of anilines is 1. The molecule has 1 aliphatic heterocycles. The van der Waals surface area contributed by atoms with Crippen molar-refractivity contribution in [2.24, 2.45) is 10.9 Å². The number of aliphatic imine (C=N–C) groups is 1. The fraction of sp³-hybridized carbons (Fsp3) is 0.381. The van der Waals surface area contributed by atoms with E-state index in [0.717, 1.165) is 42.7 Å². The van der Waals surface area contributed by atoms with Crippen molar-refractivity contribution in [3.05, 3.63) is 65.2 Å². The highest BCUT2D eigenvalue weighted by atomic mass is 35.5. The van der Waals surface area contributed by atoms with Gasteiger partial charge in [0, 0.05) is 36.9 Å². The number of rotatable bonds is 6. The SMILES string of the molecule is CCNC(=NCc1ccccc1Cl)NCC1CCN(c2ccccc2)C1. The van der Waals surface area contributed by atoms with Gasteiger partial charge >= 0.3 is 0 Å². The Morgan fingerprint density at radius 1 is 1.12 bits per heavy atom. The van der Waals surface area contributed by atoms with Crippen LogP contribution in [-0.4, -0.2) is 32.1 Å². The molecule has 2 N–H and O–H groups in total. The van der Waals surface area contributed by atoms with Crippen molar-refractivity contribution in [1.82, 2.24) is 10.6 Å². The Bertz CT molecular complexity index is 717. The number of hydrogen-bond acceptors (Lipinski definition) is 2. The van der Waals surface area contributed by atoms with Gasteiger partial charge in [-0.25, -0.2) is 4.99 Å². The minimum Gasteiger partial charge on any atom is -0.371 e. The predicted molar refractivity (Wildman–Crippen MR) is 111 cm³/mol. The Morgan fingerprint density at radius 3 is 2.65 bits per heavy atom. The molecule has 26 heavy (non-hydrogen) atoms. The normalized spacial score (nSPS) is 17.4. The lowest BCUT2D eigenvalue weighted by Gasteiger charge is -2.19. The fourth-order valence-corrected chi connectivity index (χ4v) is 3.44. The van der Waals surface area contributed by atoms with Gasteiger partial charge in [-0.3, -0.25) is 0 Å². The first-order valence-corrected chi connectivity index (χ1v) is 9.69. The van der Waals surface area contributed by atoms with E-state index in [1.54, 1.807) is 0 Å². The third-order valence-electron chi connectivity index (χ3n) is 4.67. The van der Waals surface area contributed by atoms with Crippen molar-refractivity contribution >= 4 is 23.2 Å². The first kappa shape index (κ1) is 18.6. The van der Waals surface area contributed by atoms with Crippen molar-refractivity contribution in [2.75, 3.05) is 31.1 Å². The molecule has 1 unspecified atom stereocenters. The summed E-state index contributed by atoms with van der Waals surface area (Å²) in [5, 5.41) is 7.58. The van der Waals surface area contributed by atoms with Gasteiger partial charge in [0.25, 0.3) is 0 Å². The summed E-state index contributed by atoms with van der Waals surface area (Å²) in [4.78, 5) is 7.14. The molecule has 3 rings (SSSR count). The van der Waals surface area contributed by atoms with Crippen molar-refractivity contribution in [3.63, 3.8) is 0 Å². The second kappa shape index (κ2) is 9.48. The smallest absolute Gasteiger partial charge is 0.191 e. The molecule has 0 aliphatic carbocycles. The summed E-state index contributed by atoms with van der Waals surface area (Å²) in [6.07, 6.45) is 1.20. The maximum absolute atomic E-state index is 6.22. The van der Waals surface area contributed by atoms with Crippen LogP contribution in [0.15, 0.2) is 59.6 Å². The summed E-state index contributed by atoms with van der Waals surface area (Å²) in [6, 6.07) is 18.5. The summed E-state index contributed by atoms with van der Waals surface area (Å²) < 4.78 is 0. The van der Waals surface area contributed by atoms with Crippen LogP contribution in [0.25, 0.3) is 0 Å². The summed E-state index contributed by atoms with van der Waals surface area (Å²) in [5.41, 5.74) is 2.36. The second-order valence-electron chi connectivity index (χ2n) is 6.60. The van der Waals surface area contributed by atoms with Crippen LogP contribution in [0, 0.1) is 5.92 Å². The van der Waals surface area contributed by atoms with Crippen LogP contribution in [0.5, 0.6) is 0 Å². The molecule has 1 aliphatic rings. The average molecular weight is 371 g/mol. The zero-order chi connectivity index (χ0) is 18.2. The lowest BCUT2D eigenvalue weighted by molar-refractivity contribution is 0.566. The van der Waals surface area contributed by atoms with Crippen LogP contribution in [0.2, 0.25) is 5.02 Å². The maximum atomic E-state index is 6.22. The molecule has 0 saturated carbocycles. The summed E-state index contributed by atoms with van der Waals surface area (Å²) in [6.45, 7) is 6.63. The summed E-state index contributed by atoms with van der Waals surface area (Å²) in [5.74, 6) is 1.48. The fourth-order valence-electron chi connectivity index (χ4n) is 3.25. The van der Waals surface area contributed by atoms with Crippen LogP contribution < -0.4 is 15.5 Å². The highest BCUT2D eigenvalue weighted by molar-refractivity contribution is 6.31. The zero-order valence-electron chi connectivity index (χ0n) is 15.3. The largest absolute Gasteiger partial charge is 0.371 e. The quantitative estimate of drug-likeness (QED) is 0.598. The van der Waals surface area contributed by atoms with Crippen molar-refractivity contribution in [1.29, 1.82) is 0 Å². The average Bonchev–Trinajstić information content (AvgIpc) is 3.15. The van der Waals surface area contributed by atoms with Gasteiger partial charge in [0.05, 0.1) is 6.54 Å². The van der Waals surface area contributed by atoms with Crippen LogP contribution in [-0.2, 0) is 6.54 Å². The van der Waals surface area contributed by atoms with Gasteiger partial charge in [0.1, 0.15) is 0 Å². The van der Waals surface area contributed by atoms with Gasteiger partial charge in [-0.05, 0) is 43.0 Å². The summed E-state index contributed by atoms with van der Waals surface area (Å²) in [7, 11) is 0. The molecule has 1 fully saturated rings. The molecule has 2 aromatic rings. The van der Waals surface area contributed by atoms with E-state index in [1.807, 2.05) is 24.3 Å². The minimum atomic E-state index is 0.579. The Kier molecular flexibility index (Phi) is 6.78. The number of hydrogen-bond donors (Lipinski definition) is 2. The molecular weight excluding hydrogens is 344 g/mol. The predicted octanol–water partition coefficient (Wildman–Crippen LogP) is 3.92.